The highest BCUT2D eigenvalue weighted by Gasteiger charge is 2.17. The molecule has 0 aliphatic heterocycles. The minimum atomic E-state index is -0.502. The number of hydrogen-bond acceptors (Lipinski definition) is 1. The van der Waals surface area contributed by atoms with Crippen molar-refractivity contribution in [3.8, 4) is 33.4 Å². The van der Waals surface area contributed by atoms with Gasteiger partial charge in [0.25, 0.3) is 0 Å². The van der Waals surface area contributed by atoms with Crippen LogP contribution >= 0.6 is 0 Å². The lowest BCUT2D eigenvalue weighted by Gasteiger charge is -2.18. The van der Waals surface area contributed by atoms with Crippen LogP contribution in [-0.2, 0) is 0 Å². The number of para-hydroxylation sites is 1. The fraction of sp³-hybridized carbons (Fsp3) is 0. The van der Waals surface area contributed by atoms with Crippen LogP contribution in [0.1, 0.15) is 15.1 Å². The Kier molecular flexibility index (Phi) is 3.04. The summed E-state index contributed by atoms with van der Waals surface area (Å²) < 4.78 is 100. The van der Waals surface area contributed by atoms with E-state index in [4.69, 9.17) is 18.1 Å². The average molecular weight is 508 g/mol. The van der Waals surface area contributed by atoms with Crippen LogP contribution in [-0.4, -0.2) is 0 Å². The van der Waals surface area contributed by atoms with Crippen LogP contribution in [0.15, 0.2) is 150 Å². The summed E-state index contributed by atoms with van der Waals surface area (Å²) in [6, 6.07) is 20.4. The lowest BCUT2D eigenvalue weighted by molar-refractivity contribution is 0.669. The first kappa shape index (κ1) is 13.6. The minimum absolute atomic E-state index is 0.000871. The van der Waals surface area contributed by atoms with E-state index in [-0.39, 0.29) is 69.8 Å². The van der Waals surface area contributed by atoms with Gasteiger partial charge in [0.05, 0.1) is 15.1 Å². The van der Waals surface area contributed by atoms with Gasteiger partial charge in [-0.2, -0.15) is 0 Å². The molecule has 0 atom stereocenters. The molecule has 0 aliphatic rings. The Bertz CT molecular complexity index is 2700. The molecule has 1 heteroatoms. The van der Waals surface area contributed by atoms with E-state index >= 15 is 0 Å². The van der Waals surface area contributed by atoms with Crippen molar-refractivity contribution in [2.75, 3.05) is 0 Å². The summed E-state index contributed by atoms with van der Waals surface area (Å²) in [5.74, 6) is 0. The third-order valence-corrected chi connectivity index (χ3v) is 7.08. The second-order valence-corrected chi connectivity index (χ2v) is 9.27. The van der Waals surface area contributed by atoms with Crippen LogP contribution in [0.2, 0.25) is 0 Å². The van der Waals surface area contributed by atoms with Gasteiger partial charge in [0.2, 0.25) is 0 Å². The van der Waals surface area contributed by atoms with Gasteiger partial charge in [0.15, 0.2) is 0 Å². The standard InChI is InChI=1S/C38H24O/c1-2-11-25(12-3-1)37-30-16-4-6-18-32(30)38(33-19-7-5-17-31(33)37)28-14-10-13-26(23-28)27-21-22-36-34(24-27)29-15-8-9-20-35(29)39-36/h1-24H/i4D,5D,6D,7D,8D,9D,15D,20D,21D,22D,24D. The smallest absolute Gasteiger partial charge is 0.135 e. The topological polar surface area (TPSA) is 13.1 Å². The first-order valence-corrected chi connectivity index (χ1v) is 12.4. The van der Waals surface area contributed by atoms with Crippen molar-refractivity contribution in [3.63, 3.8) is 0 Å². The maximum Gasteiger partial charge on any atom is 0.135 e. The first-order valence-electron chi connectivity index (χ1n) is 17.9. The highest BCUT2D eigenvalue weighted by molar-refractivity contribution is 6.21. The van der Waals surface area contributed by atoms with Crippen molar-refractivity contribution in [1.82, 2.24) is 0 Å². The zero-order valence-electron chi connectivity index (χ0n) is 31.4. The van der Waals surface area contributed by atoms with Gasteiger partial charge in [0, 0.05) is 10.8 Å². The summed E-state index contributed by atoms with van der Waals surface area (Å²) >= 11 is 0. The zero-order chi connectivity index (χ0) is 35.3. The first-order chi connectivity index (χ1) is 23.9. The molecular weight excluding hydrogens is 472 g/mol. The largest absolute Gasteiger partial charge is 0.456 e. The molecule has 0 fully saturated rings. The molecule has 0 N–H and O–H groups in total. The Labute approximate surface area is 242 Å². The van der Waals surface area contributed by atoms with Gasteiger partial charge in [0.1, 0.15) is 11.2 Å². The summed E-state index contributed by atoms with van der Waals surface area (Å²) in [5, 5.41) is 2.62. The maximum absolute atomic E-state index is 9.26. The molecule has 1 heterocycles. The molecule has 0 saturated carbocycles. The molecule has 7 aromatic carbocycles. The monoisotopic (exact) mass is 507 g/mol. The Morgan fingerprint density at radius 2 is 1.00 bits per heavy atom. The Balaban J connectivity index is 1.48. The van der Waals surface area contributed by atoms with Crippen LogP contribution in [0.5, 0.6) is 0 Å². The van der Waals surface area contributed by atoms with Gasteiger partial charge in [-0.05, 0) is 79.1 Å². The third-order valence-electron chi connectivity index (χ3n) is 7.08. The number of rotatable bonds is 3. The average Bonchev–Trinajstić information content (AvgIpc) is 3.52. The predicted molar refractivity (Wildman–Crippen MR) is 165 cm³/mol. The van der Waals surface area contributed by atoms with Crippen LogP contribution in [0, 0.1) is 0 Å². The second-order valence-electron chi connectivity index (χ2n) is 9.27. The maximum atomic E-state index is 9.26. The SMILES string of the molecule is [2H]c1cc2c(-c3ccccc3)c3cc([2H])c([2H])cc3c(-c3cccc(-c4c([2H])c([2H])c5oc6c([2H])c([2H])c([2H])c([2H])c6c5c4[2H])c3)c2cc1[2H]. The lowest BCUT2D eigenvalue weighted by Crippen LogP contribution is -1.91. The normalized spacial score (nSPS) is 15.5. The third kappa shape index (κ3) is 3.48. The zero-order valence-corrected chi connectivity index (χ0v) is 20.4. The van der Waals surface area contributed by atoms with Crippen molar-refractivity contribution in [1.29, 1.82) is 0 Å². The summed E-state index contributed by atoms with van der Waals surface area (Å²) in [7, 11) is 0. The number of furan rings is 1. The van der Waals surface area contributed by atoms with Crippen molar-refractivity contribution < 1.29 is 19.5 Å². The molecule has 0 radical (unpaired) electrons. The van der Waals surface area contributed by atoms with E-state index in [1.807, 2.05) is 36.4 Å². The molecule has 0 bridgehead atoms. The fourth-order valence-corrected chi connectivity index (χ4v) is 5.39. The van der Waals surface area contributed by atoms with E-state index in [2.05, 4.69) is 0 Å². The summed E-state index contributed by atoms with van der Waals surface area (Å²) in [4.78, 5) is 0. The van der Waals surface area contributed by atoms with Crippen LogP contribution in [0.25, 0.3) is 76.9 Å². The van der Waals surface area contributed by atoms with Gasteiger partial charge in [-0.15, -0.1) is 0 Å². The molecule has 8 aromatic rings. The molecule has 0 amide bonds. The summed E-state index contributed by atoms with van der Waals surface area (Å²) in [6.45, 7) is 0. The number of fused-ring (bicyclic) bond motifs is 5. The van der Waals surface area contributed by atoms with Gasteiger partial charge in [-0.3, -0.25) is 0 Å². The van der Waals surface area contributed by atoms with E-state index in [1.54, 1.807) is 42.5 Å². The van der Waals surface area contributed by atoms with Gasteiger partial charge >= 0.3 is 0 Å². The second kappa shape index (κ2) is 8.72. The Hall–Kier alpha value is -5.14. The molecule has 1 aromatic heterocycles. The molecule has 0 saturated heterocycles. The highest BCUT2D eigenvalue weighted by Crippen LogP contribution is 2.44. The van der Waals surface area contributed by atoms with Crippen LogP contribution < -0.4 is 0 Å². The van der Waals surface area contributed by atoms with E-state index < -0.39 is 24.2 Å². The van der Waals surface area contributed by atoms with Gasteiger partial charge in [-0.25, -0.2) is 0 Å². The van der Waals surface area contributed by atoms with Crippen molar-refractivity contribution in [2.24, 2.45) is 0 Å². The molecule has 8 rings (SSSR count). The van der Waals surface area contributed by atoms with Crippen molar-refractivity contribution in [3.05, 3.63) is 145 Å². The molecule has 1 nitrogen and oxygen atoms in total. The molecular formula is C38H24O. The van der Waals surface area contributed by atoms with E-state index in [0.29, 0.717) is 38.2 Å². The highest BCUT2D eigenvalue weighted by atomic mass is 16.3. The van der Waals surface area contributed by atoms with E-state index in [1.165, 1.54) is 0 Å². The van der Waals surface area contributed by atoms with Crippen LogP contribution in [0.3, 0.4) is 0 Å². The lowest BCUT2D eigenvalue weighted by atomic mass is 9.85. The molecule has 0 aliphatic carbocycles. The predicted octanol–water partition coefficient (Wildman–Crippen LogP) is 10.9. The quantitative estimate of drug-likeness (QED) is 0.217. The molecule has 182 valence electrons. The minimum Gasteiger partial charge on any atom is -0.456 e. The molecule has 39 heavy (non-hydrogen) atoms. The number of benzene rings is 7. The fourth-order valence-electron chi connectivity index (χ4n) is 5.39. The van der Waals surface area contributed by atoms with E-state index in [9.17, 15) is 1.37 Å². The van der Waals surface area contributed by atoms with Crippen molar-refractivity contribution >= 4 is 43.5 Å². The van der Waals surface area contributed by atoms with E-state index in [0.717, 1.165) is 11.1 Å². The Morgan fingerprint density at radius 3 is 1.72 bits per heavy atom. The summed E-state index contributed by atoms with van der Waals surface area (Å²) in [6.07, 6.45) is 0. The van der Waals surface area contributed by atoms with Gasteiger partial charge in [-0.1, -0.05) is 121 Å². The van der Waals surface area contributed by atoms with Crippen molar-refractivity contribution in [2.45, 2.75) is 0 Å². The summed E-state index contributed by atoms with van der Waals surface area (Å²) in [5.41, 5.74) is 2.95. The van der Waals surface area contributed by atoms with Gasteiger partial charge < -0.3 is 4.42 Å². The number of hydrogen-bond donors (Lipinski definition) is 0. The molecule has 0 spiro atoms. The van der Waals surface area contributed by atoms with Crippen LogP contribution in [0.4, 0.5) is 0 Å². The Morgan fingerprint density at radius 1 is 0.410 bits per heavy atom. The molecule has 0 unspecified atom stereocenters.